The third-order valence-corrected chi connectivity index (χ3v) is 17.7. The molecule has 33 nitrogen and oxygen atoms in total. The van der Waals surface area contributed by atoms with Crippen LogP contribution in [0.15, 0.2) is 0 Å². The number of rotatable bonds is 24. The molecule has 0 aromatic heterocycles. The Morgan fingerprint density at radius 1 is 0.571 bits per heavy atom. The first-order chi connectivity index (χ1) is 45.6. The van der Waals surface area contributed by atoms with E-state index in [1.165, 1.54) is 48.5 Å². The van der Waals surface area contributed by atoms with Gasteiger partial charge in [0.2, 0.25) is 70.9 Å². The van der Waals surface area contributed by atoms with Crippen LogP contribution in [0.4, 0.5) is 0 Å². The van der Waals surface area contributed by atoms with E-state index >= 15 is 9.59 Å². The Labute approximate surface area is 574 Å². The van der Waals surface area contributed by atoms with Crippen molar-refractivity contribution >= 4 is 76.8 Å². The molecule has 0 aromatic carbocycles. The maximum absolute atomic E-state index is 15.3. The SMILES string of the molecule is CCCCCCCC(N)CC(=O)N1C(=O)C(C(C)O)NC(=O)C(CC(C)C)NC(=O)C2CC(O)CN2C(=O)C(C(C)O)NC(=O)C(C(O)CO)NC(=O)C(C(C)CC)N(C)C(=O)C(CCC(N)=O)NC(=O)C(C(O)C(C)C)NC(=O)C(C)NC(=O)C(C(O)C(C)C)NC(=O)C1C(C)C. The minimum atomic E-state index is -2.18. The number of nitrogens with two attached hydrogens (primary N) is 2. The fraction of sp³-hybridized carbons (Fsp3) is 0.800. The van der Waals surface area contributed by atoms with Gasteiger partial charge in [0, 0.05) is 38.9 Å². The third kappa shape index (κ3) is 25.3. The normalized spacial score (nSPS) is 27.9. The molecule has 2 saturated heterocycles. The van der Waals surface area contributed by atoms with E-state index in [1.54, 1.807) is 20.8 Å². The number of carbonyl (C=O) groups excluding carboxylic acids is 13. The smallest absolute Gasteiger partial charge is 0.255 e. The number of likely N-dealkylation sites (N-methyl/N-ethyl adjacent to an activating group) is 1. The number of unbranched alkanes of at least 4 members (excludes halogenated alkanes) is 4. The van der Waals surface area contributed by atoms with Crippen LogP contribution in [0.2, 0.25) is 0 Å². The lowest BCUT2D eigenvalue weighted by atomic mass is 9.94. The van der Waals surface area contributed by atoms with Crippen LogP contribution in [0.25, 0.3) is 0 Å². The predicted molar refractivity (Wildman–Crippen MR) is 356 cm³/mol. The molecular formula is C65H115N13O20. The second kappa shape index (κ2) is 40.9. The lowest BCUT2D eigenvalue weighted by Crippen LogP contribution is -2.66. The van der Waals surface area contributed by atoms with Crippen LogP contribution in [0.3, 0.4) is 0 Å². The van der Waals surface area contributed by atoms with Crippen LogP contribution in [0.1, 0.15) is 174 Å². The molecule has 560 valence electrons. The lowest BCUT2D eigenvalue weighted by Gasteiger charge is -2.37. The number of carbonyl (C=O) groups is 13. The summed E-state index contributed by atoms with van der Waals surface area (Å²) in [6.07, 6.45) is -8.71. The molecule has 2 heterocycles. The van der Waals surface area contributed by atoms with Crippen molar-refractivity contribution in [2.24, 2.45) is 41.1 Å². The number of imide groups is 1. The third-order valence-electron chi connectivity index (χ3n) is 17.7. The van der Waals surface area contributed by atoms with E-state index in [1.807, 2.05) is 6.92 Å². The van der Waals surface area contributed by atoms with Crippen molar-refractivity contribution in [3.05, 3.63) is 0 Å². The molecule has 19 unspecified atom stereocenters. The second-order valence-corrected chi connectivity index (χ2v) is 27.8. The summed E-state index contributed by atoms with van der Waals surface area (Å²) in [6, 6.07) is -21.5. The highest BCUT2D eigenvalue weighted by atomic mass is 16.3. The topological polar surface area (TPSA) is 522 Å². The largest absolute Gasteiger partial charge is 0.394 e. The molecule has 19 atom stereocenters. The van der Waals surface area contributed by atoms with Gasteiger partial charge in [-0.25, -0.2) is 0 Å². The van der Waals surface area contributed by atoms with Crippen molar-refractivity contribution in [3.63, 3.8) is 0 Å². The number of aliphatic hydroxyl groups excluding tert-OH is 7. The molecular weight excluding hydrogens is 1280 g/mol. The van der Waals surface area contributed by atoms with Crippen LogP contribution < -0.4 is 54.0 Å². The number of primary amides is 1. The molecule has 2 fully saturated rings. The van der Waals surface area contributed by atoms with E-state index in [-0.39, 0.29) is 19.3 Å². The van der Waals surface area contributed by atoms with E-state index in [2.05, 4.69) is 42.5 Å². The van der Waals surface area contributed by atoms with Crippen molar-refractivity contribution < 1.29 is 98.1 Å². The molecule has 2 aliphatic rings. The van der Waals surface area contributed by atoms with Gasteiger partial charge < -0.3 is 99.5 Å². The molecule has 0 aliphatic carbocycles. The standard InChI is InChI=1S/C65H115N13O20/c1-16-18-19-20-21-22-38(66)26-45(85)78-51(31(5)6)61(94)75-49(53(86)32(7)8)59(92)68-35(12)55(88)74-50(54(87)33(9)10)60(93)69-40(23-24-44(67)84)63(96)76(15)52(34(11)17-2)62(95)73-48(43(83)29-79)58(91)72-46(36(13)80)64(97)77-28-39(82)27-42(77)57(90)70-41(25-30(3)4)56(89)71-47(37(14)81)65(78)98/h30-43,46-54,79-83,86-87H,16-29,66H2,1-15H3,(H2,67,84)(H,68,92)(H,69,93)(H,70,90)(H,71,89)(H,72,91)(H,73,95)(H,74,88)(H,75,94). The predicted octanol–water partition coefficient (Wildman–Crippen LogP) is -4.35. The highest BCUT2D eigenvalue weighted by molar-refractivity contribution is 6.05. The van der Waals surface area contributed by atoms with Crippen molar-refractivity contribution in [1.82, 2.24) is 57.2 Å². The first-order valence-electron chi connectivity index (χ1n) is 34.2. The molecule has 0 radical (unpaired) electrons. The van der Waals surface area contributed by atoms with Crippen LogP contribution >= 0.6 is 0 Å². The minimum absolute atomic E-state index is 0.132. The van der Waals surface area contributed by atoms with Crippen molar-refractivity contribution in [2.75, 3.05) is 20.2 Å². The van der Waals surface area contributed by atoms with Gasteiger partial charge in [0.25, 0.3) is 5.91 Å². The maximum Gasteiger partial charge on any atom is 0.255 e. The maximum atomic E-state index is 15.3. The molecule has 33 heteroatoms. The van der Waals surface area contributed by atoms with Crippen molar-refractivity contribution in [1.29, 1.82) is 0 Å². The summed E-state index contributed by atoms with van der Waals surface area (Å²) in [5.41, 5.74) is 12.0. The number of amides is 13. The van der Waals surface area contributed by atoms with Gasteiger partial charge in [0.05, 0.1) is 37.1 Å². The van der Waals surface area contributed by atoms with Gasteiger partial charge in [-0.05, 0) is 69.6 Å². The van der Waals surface area contributed by atoms with Crippen molar-refractivity contribution in [3.8, 4) is 0 Å². The summed E-state index contributed by atoms with van der Waals surface area (Å²) in [5, 5.41) is 97.3. The quantitative estimate of drug-likeness (QED) is 0.0406. The summed E-state index contributed by atoms with van der Waals surface area (Å²) < 4.78 is 0. The summed E-state index contributed by atoms with van der Waals surface area (Å²) in [4.78, 5) is 191. The van der Waals surface area contributed by atoms with E-state index in [0.29, 0.717) is 11.3 Å². The van der Waals surface area contributed by atoms with Gasteiger partial charge in [-0.2, -0.15) is 0 Å². The number of nitrogens with one attached hydrogen (secondary N) is 8. The summed E-state index contributed by atoms with van der Waals surface area (Å²) in [6.45, 7) is 18.8. The Balaban J connectivity index is 3.14. The molecule has 13 amide bonds. The Morgan fingerprint density at radius 2 is 1.05 bits per heavy atom. The molecule has 2 rings (SSSR count). The Kier molecular flexibility index (Phi) is 36.3. The Bertz CT molecular complexity index is 2720. The molecule has 0 saturated carbocycles. The molecule has 0 spiro atoms. The molecule has 2 aliphatic heterocycles. The van der Waals surface area contributed by atoms with Crippen LogP contribution in [-0.4, -0.2) is 257 Å². The number of nitrogens with zero attached hydrogens (tertiary/aromatic N) is 3. The zero-order chi connectivity index (χ0) is 75.1. The molecule has 98 heavy (non-hydrogen) atoms. The number of hydrogen-bond donors (Lipinski definition) is 17. The van der Waals surface area contributed by atoms with Crippen LogP contribution in [0.5, 0.6) is 0 Å². The van der Waals surface area contributed by atoms with E-state index < -0.39 is 254 Å². The van der Waals surface area contributed by atoms with Gasteiger partial charge >= 0.3 is 0 Å². The zero-order valence-electron chi connectivity index (χ0n) is 59.6. The van der Waals surface area contributed by atoms with E-state index in [9.17, 15) is 88.5 Å². The molecule has 0 bridgehead atoms. The van der Waals surface area contributed by atoms with Gasteiger partial charge in [0.15, 0.2) is 0 Å². The Morgan fingerprint density at radius 3 is 1.55 bits per heavy atom. The average Bonchev–Trinajstić information content (AvgIpc) is 1.16. The van der Waals surface area contributed by atoms with E-state index in [4.69, 9.17) is 11.5 Å². The number of hydrogen-bond acceptors (Lipinski definition) is 21. The fourth-order valence-electron chi connectivity index (χ4n) is 11.6. The van der Waals surface area contributed by atoms with Gasteiger partial charge in [-0.3, -0.25) is 67.2 Å². The van der Waals surface area contributed by atoms with Crippen LogP contribution in [-0.2, 0) is 62.3 Å². The summed E-state index contributed by atoms with van der Waals surface area (Å²) in [7, 11) is 1.13. The van der Waals surface area contributed by atoms with Gasteiger partial charge in [-0.15, -0.1) is 0 Å². The highest BCUT2D eigenvalue weighted by Gasteiger charge is 2.48. The van der Waals surface area contributed by atoms with Gasteiger partial charge in [0.1, 0.15) is 72.6 Å². The fourth-order valence-corrected chi connectivity index (χ4v) is 11.6. The highest BCUT2D eigenvalue weighted by Crippen LogP contribution is 2.25. The van der Waals surface area contributed by atoms with Crippen LogP contribution in [0, 0.1) is 29.6 Å². The number of fused-ring (bicyclic) bond motifs is 1. The van der Waals surface area contributed by atoms with E-state index in [0.717, 1.165) is 63.3 Å². The Hall–Kier alpha value is -7.01. The zero-order valence-corrected chi connectivity index (χ0v) is 59.6. The van der Waals surface area contributed by atoms with Gasteiger partial charge in [-0.1, -0.05) is 115 Å². The molecule has 19 N–H and O–H groups in total. The van der Waals surface area contributed by atoms with Crippen molar-refractivity contribution in [2.45, 2.75) is 283 Å². The first kappa shape index (κ1) is 87.1. The molecule has 0 aromatic rings. The average molecular weight is 1400 g/mol. The minimum Gasteiger partial charge on any atom is -0.394 e. The monoisotopic (exact) mass is 1400 g/mol. The summed E-state index contributed by atoms with van der Waals surface area (Å²) >= 11 is 0. The lowest BCUT2D eigenvalue weighted by molar-refractivity contribution is -0.158. The summed E-state index contributed by atoms with van der Waals surface area (Å²) in [5.74, 6) is -19.3. The first-order valence-corrected chi connectivity index (χ1v) is 34.2. The number of aliphatic hydroxyl groups is 7. The second-order valence-electron chi connectivity index (χ2n) is 27.8.